The normalized spacial score (nSPS) is 24.7. The van der Waals surface area contributed by atoms with Gasteiger partial charge >= 0.3 is 0 Å². The van der Waals surface area contributed by atoms with Crippen molar-refractivity contribution in [1.82, 2.24) is 15.6 Å². The highest BCUT2D eigenvalue weighted by atomic mass is 16.3. The number of carbonyl (C=O) groups excluding carboxylic acids is 1. The average Bonchev–Trinajstić information content (AvgIpc) is 2.48. The van der Waals surface area contributed by atoms with Gasteiger partial charge in [-0.05, 0) is 38.3 Å². The van der Waals surface area contributed by atoms with E-state index in [1.807, 2.05) is 0 Å². The largest absolute Gasteiger partial charge is 0.505 e. The van der Waals surface area contributed by atoms with Crippen molar-refractivity contribution in [1.29, 1.82) is 0 Å². The van der Waals surface area contributed by atoms with E-state index in [0.717, 1.165) is 19.4 Å². The van der Waals surface area contributed by atoms with Crippen LogP contribution in [-0.4, -0.2) is 34.1 Å². The minimum Gasteiger partial charge on any atom is -0.505 e. The van der Waals surface area contributed by atoms with Gasteiger partial charge in [-0.2, -0.15) is 0 Å². The Kier molecular flexibility index (Phi) is 4.10. The van der Waals surface area contributed by atoms with Crippen LogP contribution in [0.4, 0.5) is 0 Å². The van der Waals surface area contributed by atoms with Crippen molar-refractivity contribution in [2.75, 3.05) is 6.54 Å². The summed E-state index contributed by atoms with van der Waals surface area (Å²) >= 11 is 0. The molecule has 0 aromatic carbocycles. The molecule has 1 saturated carbocycles. The van der Waals surface area contributed by atoms with Crippen LogP contribution in [0.1, 0.15) is 55.3 Å². The second-order valence-electron chi connectivity index (χ2n) is 6.32. The van der Waals surface area contributed by atoms with Gasteiger partial charge in [-0.1, -0.05) is 19.3 Å². The lowest BCUT2D eigenvalue weighted by Gasteiger charge is -2.44. The minimum atomic E-state index is -0.201. The Morgan fingerprint density at radius 2 is 2.19 bits per heavy atom. The molecular formula is C16H23N3O2. The van der Waals surface area contributed by atoms with Crippen molar-refractivity contribution in [3.05, 3.63) is 24.0 Å². The third-order valence-electron chi connectivity index (χ3n) is 4.82. The fraction of sp³-hybridized carbons (Fsp3) is 0.625. The lowest BCUT2D eigenvalue weighted by molar-refractivity contribution is 0.0890. The molecule has 1 aliphatic heterocycles. The summed E-state index contributed by atoms with van der Waals surface area (Å²) in [5.74, 6) is -0.260. The summed E-state index contributed by atoms with van der Waals surface area (Å²) in [6, 6.07) is 1.74. The van der Waals surface area contributed by atoms with Crippen LogP contribution >= 0.6 is 0 Å². The molecule has 1 saturated heterocycles. The number of nitrogens with one attached hydrogen (secondary N) is 2. The summed E-state index contributed by atoms with van der Waals surface area (Å²) < 4.78 is 0. The van der Waals surface area contributed by atoms with E-state index >= 15 is 0 Å². The van der Waals surface area contributed by atoms with E-state index in [-0.39, 0.29) is 23.2 Å². The zero-order valence-corrected chi connectivity index (χ0v) is 12.3. The van der Waals surface area contributed by atoms with Crippen LogP contribution in [-0.2, 0) is 0 Å². The number of hydrogen-bond acceptors (Lipinski definition) is 4. The summed E-state index contributed by atoms with van der Waals surface area (Å²) in [5.41, 5.74) is 0.524. The maximum atomic E-state index is 12.3. The number of pyridine rings is 1. The van der Waals surface area contributed by atoms with Crippen molar-refractivity contribution in [2.45, 2.75) is 56.5 Å². The van der Waals surface area contributed by atoms with Crippen molar-refractivity contribution < 1.29 is 9.90 Å². The van der Waals surface area contributed by atoms with E-state index in [2.05, 4.69) is 15.6 Å². The van der Waals surface area contributed by atoms with Crippen LogP contribution in [0.25, 0.3) is 0 Å². The maximum Gasteiger partial charge on any atom is 0.255 e. The zero-order valence-electron chi connectivity index (χ0n) is 12.3. The first-order valence-corrected chi connectivity index (χ1v) is 7.87. The van der Waals surface area contributed by atoms with Gasteiger partial charge in [0, 0.05) is 17.8 Å². The monoisotopic (exact) mass is 289 g/mol. The molecule has 114 valence electrons. The van der Waals surface area contributed by atoms with Gasteiger partial charge < -0.3 is 15.7 Å². The molecule has 0 radical (unpaired) electrons. The van der Waals surface area contributed by atoms with Gasteiger partial charge in [0.15, 0.2) is 0 Å². The van der Waals surface area contributed by atoms with Crippen molar-refractivity contribution in [3.63, 3.8) is 0 Å². The number of aromatic hydroxyl groups is 1. The SMILES string of the molecule is O=C(NC1CCNC2(CCCCC2)C1)c1ccncc1O. The molecule has 5 nitrogen and oxygen atoms in total. The van der Waals surface area contributed by atoms with Crippen molar-refractivity contribution in [2.24, 2.45) is 0 Å². The third-order valence-corrected chi connectivity index (χ3v) is 4.82. The van der Waals surface area contributed by atoms with E-state index in [1.165, 1.54) is 44.5 Å². The Morgan fingerprint density at radius 1 is 1.38 bits per heavy atom. The Morgan fingerprint density at radius 3 is 2.95 bits per heavy atom. The fourth-order valence-corrected chi connectivity index (χ4v) is 3.73. The second kappa shape index (κ2) is 6.02. The van der Waals surface area contributed by atoms with Crippen LogP contribution in [0.3, 0.4) is 0 Å². The van der Waals surface area contributed by atoms with E-state index < -0.39 is 0 Å². The molecule has 2 heterocycles. The average molecular weight is 289 g/mol. The number of amides is 1. The Balaban J connectivity index is 1.65. The van der Waals surface area contributed by atoms with Gasteiger partial charge in [-0.15, -0.1) is 0 Å². The lowest BCUT2D eigenvalue weighted by atomic mass is 9.75. The highest BCUT2D eigenvalue weighted by Crippen LogP contribution is 2.34. The fourth-order valence-electron chi connectivity index (χ4n) is 3.73. The standard InChI is InChI=1S/C16H23N3O2/c20-14-11-17-8-5-13(14)15(21)19-12-4-9-18-16(10-12)6-2-1-3-7-16/h5,8,11-12,18,20H,1-4,6-7,9-10H2,(H,19,21). The third kappa shape index (κ3) is 3.18. The number of nitrogens with zero attached hydrogens (tertiary/aromatic N) is 1. The summed E-state index contributed by atoms with van der Waals surface area (Å²) in [4.78, 5) is 16.1. The van der Waals surface area contributed by atoms with Gasteiger partial charge in [-0.3, -0.25) is 9.78 Å². The van der Waals surface area contributed by atoms with Crippen LogP contribution in [0.5, 0.6) is 5.75 Å². The second-order valence-corrected chi connectivity index (χ2v) is 6.32. The van der Waals surface area contributed by atoms with Gasteiger partial charge in [0.2, 0.25) is 0 Å². The van der Waals surface area contributed by atoms with Crippen LogP contribution in [0.15, 0.2) is 18.5 Å². The molecule has 3 N–H and O–H groups in total. The molecule has 1 atom stereocenters. The van der Waals surface area contributed by atoms with Gasteiger partial charge in [-0.25, -0.2) is 0 Å². The quantitative estimate of drug-likeness (QED) is 0.778. The van der Waals surface area contributed by atoms with E-state index in [1.54, 1.807) is 6.07 Å². The van der Waals surface area contributed by atoms with Crippen LogP contribution in [0, 0.1) is 0 Å². The molecule has 2 fully saturated rings. The molecule has 1 amide bonds. The van der Waals surface area contributed by atoms with Gasteiger partial charge in [0.1, 0.15) is 5.75 Å². The number of rotatable bonds is 2. The van der Waals surface area contributed by atoms with E-state index in [9.17, 15) is 9.90 Å². The molecule has 1 aromatic heterocycles. The maximum absolute atomic E-state index is 12.3. The van der Waals surface area contributed by atoms with E-state index in [4.69, 9.17) is 0 Å². The minimum absolute atomic E-state index is 0.0590. The molecule has 2 aliphatic rings. The predicted molar refractivity (Wildman–Crippen MR) is 80.2 cm³/mol. The van der Waals surface area contributed by atoms with Gasteiger partial charge in [0.25, 0.3) is 5.91 Å². The molecule has 21 heavy (non-hydrogen) atoms. The summed E-state index contributed by atoms with van der Waals surface area (Å²) in [6.45, 7) is 0.952. The predicted octanol–water partition coefficient (Wildman–Crippen LogP) is 1.97. The molecular weight excluding hydrogens is 266 g/mol. The Bertz CT molecular complexity index is 506. The highest BCUT2D eigenvalue weighted by Gasteiger charge is 2.37. The first kappa shape index (κ1) is 14.3. The highest BCUT2D eigenvalue weighted by molar-refractivity contribution is 5.96. The summed E-state index contributed by atoms with van der Waals surface area (Å²) in [6.07, 6.45) is 11.1. The number of piperidine rings is 1. The molecule has 1 aromatic rings. The number of carbonyl (C=O) groups is 1. The summed E-state index contributed by atoms with van der Waals surface area (Å²) in [5, 5.41) is 16.5. The number of hydrogen-bond donors (Lipinski definition) is 3. The first-order valence-electron chi connectivity index (χ1n) is 7.87. The van der Waals surface area contributed by atoms with Crippen LogP contribution < -0.4 is 10.6 Å². The van der Waals surface area contributed by atoms with Crippen molar-refractivity contribution in [3.8, 4) is 5.75 Å². The molecule has 5 heteroatoms. The van der Waals surface area contributed by atoms with Crippen molar-refractivity contribution >= 4 is 5.91 Å². The molecule has 1 spiro atoms. The summed E-state index contributed by atoms with van der Waals surface area (Å²) in [7, 11) is 0. The smallest absolute Gasteiger partial charge is 0.255 e. The Hall–Kier alpha value is -1.62. The Labute approximate surface area is 125 Å². The molecule has 3 rings (SSSR count). The molecule has 0 bridgehead atoms. The lowest BCUT2D eigenvalue weighted by Crippen LogP contribution is -2.57. The first-order chi connectivity index (χ1) is 10.2. The zero-order chi connectivity index (χ0) is 14.7. The number of aromatic nitrogens is 1. The molecule has 1 unspecified atom stereocenters. The topological polar surface area (TPSA) is 74.2 Å². The van der Waals surface area contributed by atoms with Crippen LogP contribution in [0.2, 0.25) is 0 Å². The van der Waals surface area contributed by atoms with Gasteiger partial charge in [0.05, 0.1) is 11.8 Å². The van der Waals surface area contributed by atoms with E-state index in [0.29, 0.717) is 5.56 Å². The molecule has 1 aliphatic carbocycles.